The molecule has 0 saturated carbocycles. The van der Waals surface area contributed by atoms with Crippen LogP contribution in [0, 0.1) is 0 Å². The van der Waals surface area contributed by atoms with Crippen LogP contribution in [0.5, 0.6) is 0 Å². The SMILES string of the molecule is CCn1c(Nc2ccccc2)nc2ccccc21. The predicted molar refractivity (Wildman–Crippen MR) is 75.1 cm³/mol. The molecule has 1 N–H and O–H groups in total. The van der Waals surface area contributed by atoms with Crippen molar-refractivity contribution in [3.05, 3.63) is 54.6 Å². The Morgan fingerprint density at radius 1 is 1.00 bits per heavy atom. The summed E-state index contributed by atoms with van der Waals surface area (Å²) in [7, 11) is 0. The van der Waals surface area contributed by atoms with Crippen molar-refractivity contribution in [1.29, 1.82) is 0 Å². The van der Waals surface area contributed by atoms with Gasteiger partial charge in [-0.05, 0) is 31.2 Å². The average molecular weight is 237 g/mol. The van der Waals surface area contributed by atoms with Crippen LogP contribution in [0.25, 0.3) is 11.0 Å². The van der Waals surface area contributed by atoms with E-state index < -0.39 is 0 Å². The number of nitrogens with zero attached hydrogens (tertiary/aromatic N) is 2. The Morgan fingerprint density at radius 2 is 1.72 bits per heavy atom. The van der Waals surface area contributed by atoms with Crippen LogP contribution in [0.15, 0.2) is 54.6 Å². The Bertz CT molecular complexity index is 656. The lowest BCUT2D eigenvalue weighted by molar-refractivity contribution is 0.797. The monoisotopic (exact) mass is 237 g/mol. The second-order valence-corrected chi connectivity index (χ2v) is 4.16. The molecule has 3 heteroatoms. The fraction of sp³-hybridized carbons (Fsp3) is 0.133. The molecule has 0 unspecified atom stereocenters. The fourth-order valence-electron chi connectivity index (χ4n) is 2.14. The van der Waals surface area contributed by atoms with E-state index in [9.17, 15) is 0 Å². The zero-order valence-electron chi connectivity index (χ0n) is 10.3. The minimum absolute atomic E-state index is 0.893. The summed E-state index contributed by atoms with van der Waals surface area (Å²) in [6.45, 7) is 3.03. The molecular weight excluding hydrogens is 222 g/mol. The minimum atomic E-state index is 0.893. The molecule has 0 aliphatic heterocycles. The van der Waals surface area contributed by atoms with E-state index >= 15 is 0 Å². The van der Waals surface area contributed by atoms with Crippen molar-refractivity contribution in [3.8, 4) is 0 Å². The predicted octanol–water partition coefficient (Wildman–Crippen LogP) is 3.80. The van der Waals surface area contributed by atoms with Crippen LogP contribution in [0.2, 0.25) is 0 Å². The van der Waals surface area contributed by atoms with Gasteiger partial charge in [0, 0.05) is 12.2 Å². The molecule has 90 valence electrons. The molecule has 2 aromatic carbocycles. The van der Waals surface area contributed by atoms with Crippen LogP contribution in [0.3, 0.4) is 0 Å². The lowest BCUT2D eigenvalue weighted by Gasteiger charge is -2.08. The maximum Gasteiger partial charge on any atom is 0.208 e. The molecule has 0 aliphatic rings. The molecule has 0 saturated heterocycles. The molecule has 0 radical (unpaired) electrons. The molecule has 0 fully saturated rings. The summed E-state index contributed by atoms with van der Waals surface area (Å²) < 4.78 is 2.18. The molecule has 0 aliphatic carbocycles. The van der Waals surface area contributed by atoms with E-state index in [0.29, 0.717) is 0 Å². The highest BCUT2D eigenvalue weighted by Crippen LogP contribution is 2.22. The third kappa shape index (κ3) is 1.84. The van der Waals surface area contributed by atoms with E-state index in [1.165, 1.54) is 5.52 Å². The average Bonchev–Trinajstić information content (AvgIpc) is 2.77. The Morgan fingerprint density at radius 3 is 2.50 bits per heavy atom. The van der Waals surface area contributed by atoms with Gasteiger partial charge in [-0.15, -0.1) is 0 Å². The van der Waals surface area contributed by atoms with E-state index in [0.717, 1.165) is 23.7 Å². The second kappa shape index (κ2) is 4.53. The lowest BCUT2D eigenvalue weighted by atomic mass is 10.3. The number of benzene rings is 2. The molecule has 0 spiro atoms. The third-order valence-electron chi connectivity index (χ3n) is 3.00. The van der Waals surface area contributed by atoms with Crippen LogP contribution < -0.4 is 5.32 Å². The summed E-state index contributed by atoms with van der Waals surface area (Å²) in [5.41, 5.74) is 3.25. The first-order valence-electron chi connectivity index (χ1n) is 6.16. The van der Waals surface area contributed by atoms with Crippen molar-refractivity contribution < 1.29 is 0 Å². The number of fused-ring (bicyclic) bond motifs is 1. The summed E-state index contributed by atoms with van der Waals surface area (Å²) in [5, 5.41) is 3.36. The van der Waals surface area contributed by atoms with Crippen molar-refractivity contribution in [2.24, 2.45) is 0 Å². The highest BCUT2D eigenvalue weighted by Gasteiger charge is 2.08. The van der Waals surface area contributed by atoms with Gasteiger partial charge < -0.3 is 9.88 Å². The Kier molecular flexibility index (Phi) is 2.73. The number of imidazole rings is 1. The van der Waals surface area contributed by atoms with E-state index in [2.05, 4.69) is 27.9 Å². The molecule has 18 heavy (non-hydrogen) atoms. The van der Waals surface area contributed by atoms with Crippen molar-refractivity contribution in [3.63, 3.8) is 0 Å². The molecule has 3 rings (SSSR count). The number of para-hydroxylation sites is 3. The van der Waals surface area contributed by atoms with Gasteiger partial charge in [-0.2, -0.15) is 0 Å². The van der Waals surface area contributed by atoms with Gasteiger partial charge >= 0.3 is 0 Å². The molecule has 0 atom stereocenters. The van der Waals surface area contributed by atoms with E-state index in [-0.39, 0.29) is 0 Å². The van der Waals surface area contributed by atoms with Gasteiger partial charge in [0.1, 0.15) is 0 Å². The normalized spacial score (nSPS) is 10.7. The highest BCUT2D eigenvalue weighted by molar-refractivity contribution is 5.79. The van der Waals surface area contributed by atoms with Gasteiger partial charge in [0.15, 0.2) is 0 Å². The summed E-state index contributed by atoms with van der Waals surface area (Å²) in [6, 6.07) is 18.3. The van der Waals surface area contributed by atoms with Crippen molar-refractivity contribution in [1.82, 2.24) is 9.55 Å². The van der Waals surface area contributed by atoms with Gasteiger partial charge in [-0.25, -0.2) is 4.98 Å². The Balaban J connectivity index is 2.06. The molecule has 1 aromatic heterocycles. The molecule has 3 nitrogen and oxygen atoms in total. The lowest BCUT2D eigenvalue weighted by Crippen LogP contribution is -2.01. The smallest absolute Gasteiger partial charge is 0.208 e. The molecule has 3 aromatic rings. The fourth-order valence-corrected chi connectivity index (χ4v) is 2.14. The van der Waals surface area contributed by atoms with Gasteiger partial charge in [0.2, 0.25) is 5.95 Å². The number of aromatic nitrogens is 2. The molecule has 1 heterocycles. The standard InChI is InChI=1S/C15H15N3/c1-2-18-14-11-7-6-10-13(14)17-15(18)16-12-8-4-3-5-9-12/h3-11H,2H2,1H3,(H,16,17). The molecule has 0 amide bonds. The number of hydrogen-bond donors (Lipinski definition) is 1. The van der Waals surface area contributed by atoms with Gasteiger partial charge in [-0.3, -0.25) is 0 Å². The van der Waals surface area contributed by atoms with E-state index in [1.54, 1.807) is 0 Å². The van der Waals surface area contributed by atoms with Crippen molar-refractivity contribution >= 4 is 22.7 Å². The topological polar surface area (TPSA) is 29.9 Å². The first-order valence-corrected chi connectivity index (χ1v) is 6.16. The van der Waals surface area contributed by atoms with Gasteiger partial charge in [0.25, 0.3) is 0 Å². The van der Waals surface area contributed by atoms with Crippen LogP contribution >= 0.6 is 0 Å². The van der Waals surface area contributed by atoms with Crippen molar-refractivity contribution in [2.75, 3.05) is 5.32 Å². The first-order chi connectivity index (χ1) is 8.88. The highest BCUT2D eigenvalue weighted by atomic mass is 15.2. The largest absolute Gasteiger partial charge is 0.326 e. The Labute approximate surface area is 106 Å². The second-order valence-electron chi connectivity index (χ2n) is 4.16. The first kappa shape index (κ1) is 10.8. The third-order valence-corrected chi connectivity index (χ3v) is 3.00. The summed E-state index contributed by atoms with van der Waals surface area (Å²) in [5.74, 6) is 0.893. The number of nitrogens with one attached hydrogen (secondary N) is 1. The van der Waals surface area contributed by atoms with Gasteiger partial charge in [-0.1, -0.05) is 30.3 Å². The number of hydrogen-bond acceptors (Lipinski definition) is 2. The van der Waals surface area contributed by atoms with Gasteiger partial charge in [0.05, 0.1) is 11.0 Å². The van der Waals surface area contributed by atoms with Crippen LogP contribution in [-0.4, -0.2) is 9.55 Å². The van der Waals surface area contributed by atoms with Crippen LogP contribution in [-0.2, 0) is 6.54 Å². The van der Waals surface area contributed by atoms with Crippen LogP contribution in [0.4, 0.5) is 11.6 Å². The van der Waals surface area contributed by atoms with Crippen LogP contribution in [0.1, 0.15) is 6.92 Å². The number of rotatable bonds is 3. The Hall–Kier alpha value is -2.29. The number of anilines is 2. The zero-order valence-corrected chi connectivity index (χ0v) is 10.3. The maximum absolute atomic E-state index is 4.63. The maximum atomic E-state index is 4.63. The molecule has 0 bridgehead atoms. The van der Waals surface area contributed by atoms with E-state index in [4.69, 9.17) is 0 Å². The summed E-state index contributed by atoms with van der Waals surface area (Å²) >= 11 is 0. The minimum Gasteiger partial charge on any atom is -0.326 e. The number of aryl methyl sites for hydroxylation is 1. The summed E-state index contributed by atoms with van der Waals surface area (Å²) in [4.78, 5) is 4.63. The zero-order chi connectivity index (χ0) is 12.4. The van der Waals surface area contributed by atoms with E-state index in [1.807, 2.05) is 48.5 Å². The quantitative estimate of drug-likeness (QED) is 0.751. The van der Waals surface area contributed by atoms with Crippen molar-refractivity contribution in [2.45, 2.75) is 13.5 Å². The molecular formula is C15H15N3. The summed E-state index contributed by atoms with van der Waals surface area (Å²) in [6.07, 6.45) is 0.